The van der Waals surface area contributed by atoms with Gasteiger partial charge in [0.1, 0.15) is 0 Å². The van der Waals surface area contributed by atoms with E-state index in [0.29, 0.717) is 30.8 Å². The van der Waals surface area contributed by atoms with Crippen LogP contribution in [0.25, 0.3) is 11.1 Å². The van der Waals surface area contributed by atoms with E-state index in [1.165, 1.54) is 0 Å². The maximum absolute atomic E-state index is 13.2. The van der Waals surface area contributed by atoms with Crippen molar-refractivity contribution in [3.8, 4) is 17.2 Å². The Bertz CT molecular complexity index is 1020. The summed E-state index contributed by atoms with van der Waals surface area (Å²) in [5, 5.41) is 12.1. The number of benzene rings is 1. The van der Waals surface area contributed by atoms with E-state index in [1.807, 2.05) is 41.5 Å². The maximum Gasteiger partial charge on any atom is 0.317 e. The number of aromatic nitrogens is 1. The van der Waals surface area contributed by atoms with Crippen LogP contribution in [-0.2, 0) is 6.54 Å². The monoisotopic (exact) mass is 376 g/mol. The van der Waals surface area contributed by atoms with Gasteiger partial charge in [-0.1, -0.05) is 12.1 Å². The Morgan fingerprint density at radius 1 is 1.21 bits per heavy atom. The Morgan fingerprint density at radius 3 is 2.79 bits per heavy atom. The first-order valence-electron chi connectivity index (χ1n) is 9.76. The third kappa shape index (κ3) is 3.29. The lowest BCUT2D eigenvalue weighted by atomic mass is 9.83. The van der Waals surface area contributed by atoms with Crippen LogP contribution in [0.4, 0.5) is 4.79 Å². The minimum atomic E-state index is -0.0227. The number of hydrogen-bond donors (Lipinski definition) is 1. The quantitative estimate of drug-likeness (QED) is 0.875. The number of rotatable bonds is 2. The molecule has 2 unspecified atom stereocenters. The molecule has 1 saturated heterocycles. The average molecular weight is 376 g/mol. The zero-order valence-electron chi connectivity index (χ0n) is 16.2. The van der Waals surface area contributed by atoms with Crippen LogP contribution in [0.5, 0.6) is 0 Å². The molecule has 2 atom stereocenters. The normalized spacial score (nSPS) is 20.4. The van der Waals surface area contributed by atoms with Crippen LogP contribution in [0.3, 0.4) is 0 Å². The fourth-order valence-corrected chi connectivity index (χ4v) is 4.43. The highest BCUT2D eigenvalue weighted by Gasteiger charge is 2.36. The van der Waals surface area contributed by atoms with Crippen molar-refractivity contribution < 1.29 is 4.79 Å². The first kappa shape index (κ1) is 18.3. The molecule has 0 saturated carbocycles. The Morgan fingerprint density at radius 2 is 2.04 bits per heavy atom. The average Bonchev–Trinajstić information content (AvgIpc) is 2.68. The molecule has 1 aromatic carbocycles. The minimum absolute atomic E-state index is 0.0117. The number of pyridine rings is 1. The summed E-state index contributed by atoms with van der Waals surface area (Å²) in [5.74, 6) is 0.458. The van der Waals surface area contributed by atoms with Gasteiger partial charge in [-0.25, -0.2) is 4.79 Å². The number of likely N-dealkylation sites (tertiary alicyclic amines) is 1. The first-order chi connectivity index (χ1) is 13.5. The molecule has 2 amide bonds. The summed E-state index contributed by atoms with van der Waals surface area (Å²) in [5.41, 5.74) is 2.93. The Hall–Kier alpha value is -3.07. The number of carbonyl (C=O) groups excluding carboxylic acids is 1. The molecule has 2 bridgehead atoms. The molecule has 0 spiro atoms. The molecule has 2 aliphatic rings. The SMILES string of the molecule is CC(C)NC(=O)N1CC2CC(C1)c1ccc(-c3cccc(C#N)c3)c(=O)n1C2. The minimum Gasteiger partial charge on any atom is -0.336 e. The lowest BCUT2D eigenvalue weighted by molar-refractivity contribution is 0.130. The highest BCUT2D eigenvalue weighted by molar-refractivity contribution is 5.74. The topological polar surface area (TPSA) is 78.1 Å². The van der Waals surface area contributed by atoms with E-state index in [4.69, 9.17) is 5.26 Å². The van der Waals surface area contributed by atoms with Crippen molar-refractivity contribution in [2.24, 2.45) is 5.92 Å². The van der Waals surface area contributed by atoms with Gasteiger partial charge in [-0.2, -0.15) is 5.26 Å². The van der Waals surface area contributed by atoms with E-state index in [2.05, 4.69) is 11.4 Å². The molecule has 1 fully saturated rings. The van der Waals surface area contributed by atoms with Crippen molar-refractivity contribution in [3.05, 3.63) is 58.0 Å². The second kappa shape index (κ2) is 7.16. The zero-order chi connectivity index (χ0) is 19.8. The van der Waals surface area contributed by atoms with Crippen molar-refractivity contribution in [3.63, 3.8) is 0 Å². The van der Waals surface area contributed by atoms with Crippen LogP contribution in [0.1, 0.15) is 37.4 Å². The number of nitrogens with zero attached hydrogens (tertiary/aromatic N) is 3. The predicted molar refractivity (Wildman–Crippen MR) is 107 cm³/mol. The van der Waals surface area contributed by atoms with E-state index >= 15 is 0 Å². The molecule has 0 aliphatic carbocycles. The van der Waals surface area contributed by atoms with Gasteiger partial charge in [0.2, 0.25) is 0 Å². The molecule has 3 heterocycles. The smallest absolute Gasteiger partial charge is 0.317 e. The van der Waals surface area contributed by atoms with Crippen molar-refractivity contribution in [1.29, 1.82) is 5.26 Å². The summed E-state index contributed by atoms with van der Waals surface area (Å²) in [6, 6.07) is 13.2. The van der Waals surface area contributed by atoms with Gasteiger partial charge in [0.05, 0.1) is 11.6 Å². The van der Waals surface area contributed by atoms with E-state index in [9.17, 15) is 9.59 Å². The van der Waals surface area contributed by atoms with E-state index < -0.39 is 0 Å². The van der Waals surface area contributed by atoms with Crippen molar-refractivity contribution in [2.75, 3.05) is 13.1 Å². The Labute approximate surface area is 164 Å². The van der Waals surface area contributed by atoms with E-state index in [-0.39, 0.29) is 29.5 Å². The Kier molecular flexibility index (Phi) is 4.68. The summed E-state index contributed by atoms with van der Waals surface area (Å²) < 4.78 is 1.88. The van der Waals surface area contributed by atoms with Gasteiger partial charge in [-0.15, -0.1) is 0 Å². The van der Waals surface area contributed by atoms with Crippen LogP contribution in [-0.4, -0.2) is 34.6 Å². The van der Waals surface area contributed by atoms with Crippen LogP contribution >= 0.6 is 0 Å². The molecule has 1 aromatic heterocycles. The van der Waals surface area contributed by atoms with Crippen LogP contribution in [0.2, 0.25) is 0 Å². The summed E-state index contributed by atoms with van der Waals surface area (Å²) >= 11 is 0. The van der Waals surface area contributed by atoms with Gasteiger partial charge in [0.15, 0.2) is 0 Å². The lowest BCUT2D eigenvalue weighted by Gasteiger charge is -2.43. The van der Waals surface area contributed by atoms with Crippen molar-refractivity contribution >= 4 is 6.03 Å². The van der Waals surface area contributed by atoms with Gasteiger partial charge < -0.3 is 14.8 Å². The molecule has 0 radical (unpaired) electrons. The largest absolute Gasteiger partial charge is 0.336 e. The molecule has 28 heavy (non-hydrogen) atoms. The fraction of sp³-hybridized carbons (Fsp3) is 0.409. The summed E-state index contributed by atoms with van der Waals surface area (Å²) in [4.78, 5) is 27.5. The van der Waals surface area contributed by atoms with Crippen molar-refractivity contribution in [2.45, 2.75) is 38.8 Å². The van der Waals surface area contributed by atoms with Gasteiger partial charge in [-0.05, 0) is 56.0 Å². The van der Waals surface area contributed by atoms with Crippen LogP contribution in [0.15, 0.2) is 41.2 Å². The first-order valence-corrected chi connectivity index (χ1v) is 9.76. The van der Waals surface area contributed by atoms with Crippen LogP contribution < -0.4 is 10.9 Å². The number of piperidine rings is 1. The number of hydrogen-bond acceptors (Lipinski definition) is 3. The second-order valence-electron chi connectivity index (χ2n) is 8.09. The number of nitriles is 1. The third-order valence-corrected chi connectivity index (χ3v) is 5.61. The van der Waals surface area contributed by atoms with Gasteiger partial charge in [0, 0.05) is 42.9 Å². The number of urea groups is 1. The van der Waals surface area contributed by atoms with E-state index in [0.717, 1.165) is 17.7 Å². The number of fused-ring (bicyclic) bond motifs is 4. The summed E-state index contributed by atoms with van der Waals surface area (Å²) in [6.45, 7) is 5.86. The molecule has 2 aliphatic heterocycles. The van der Waals surface area contributed by atoms with Gasteiger partial charge in [-0.3, -0.25) is 4.79 Å². The predicted octanol–water partition coefficient (Wildman–Crippen LogP) is 2.92. The zero-order valence-corrected chi connectivity index (χ0v) is 16.2. The third-order valence-electron chi connectivity index (χ3n) is 5.61. The van der Waals surface area contributed by atoms with Crippen molar-refractivity contribution in [1.82, 2.24) is 14.8 Å². The standard InChI is InChI=1S/C22H24N4O2/c1-14(2)24-22(28)25-11-16-9-18(13-25)20-7-6-19(21(27)26(20)12-16)17-5-3-4-15(8-17)10-23/h3-8,14,16,18H,9,11-13H2,1-2H3,(H,24,28). The number of amides is 2. The molecule has 6 nitrogen and oxygen atoms in total. The molecule has 144 valence electrons. The fourth-order valence-electron chi connectivity index (χ4n) is 4.43. The molecule has 2 aromatic rings. The van der Waals surface area contributed by atoms with Gasteiger partial charge >= 0.3 is 6.03 Å². The molecule has 6 heteroatoms. The highest BCUT2D eigenvalue weighted by atomic mass is 16.2. The summed E-state index contributed by atoms with van der Waals surface area (Å²) in [7, 11) is 0. The molecule has 4 rings (SSSR count). The maximum atomic E-state index is 13.2. The van der Waals surface area contributed by atoms with Crippen LogP contribution in [0, 0.1) is 17.2 Å². The second-order valence-corrected chi connectivity index (χ2v) is 8.09. The Balaban J connectivity index is 1.66. The number of carbonyl (C=O) groups is 1. The van der Waals surface area contributed by atoms with E-state index in [1.54, 1.807) is 18.2 Å². The molecular weight excluding hydrogens is 352 g/mol. The lowest BCUT2D eigenvalue weighted by Crippen LogP contribution is -2.52. The highest BCUT2D eigenvalue weighted by Crippen LogP contribution is 2.35. The molecule has 1 N–H and O–H groups in total. The van der Waals surface area contributed by atoms with Gasteiger partial charge in [0.25, 0.3) is 5.56 Å². The molecular formula is C22H24N4O2. The number of nitrogens with one attached hydrogen (secondary N) is 1. The summed E-state index contributed by atoms with van der Waals surface area (Å²) in [6.07, 6.45) is 1.01.